The van der Waals surface area contributed by atoms with E-state index in [1.807, 2.05) is 12.1 Å². The Labute approximate surface area is 81.8 Å². The first-order valence-corrected chi connectivity index (χ1v) is 4.29. The van der Waals surface area contributed by atoms with Crippen molar-refractivity contribution in [2.45, 2.75) is 19.8 Å². The molecule has 0 bridgehead atoms. The highest BCUT2D eigenvalue weighted by Crippen LogP contribution is 2.15. The summed E-state index contributed by atoms with van der Waals surface area (Å²) in [5, 5.41) is 2.07. The van der Waals surface area contributed by atoms with Gasteiger partial charge in [-0.25, -0.2) is 4.79 Å². The van der Waals surface area contributed by atoms with Gasteiger partial charge >= 0.3 is 5.97 Å². The van der Waals surface area contributed by atoms with Crippen molar-refractivity contribution in [1.82, 2.24) is 0 Å². The third-order valence-electron chi connectivity index (χ3n) is 1.93. The molecule has 0 spiro atoms. The van der Waals surface area contributed by atoms with Gasteiger partial charge in [0.2, 0.25) is 0 Å². The zero-order valence-corrected chi connectivity index (χ0v) is 8.06. The second-order valence-corrected chi connectivity index (χ2v) is 3.23. The maximum absolute atomic E-state index is 11.0. The summed E-state index contributed by atoms with van der Waals surface area (Å²) in [6.07, 6.45) is 0. The van der Waals surface area contributed by atoms with Crippen molar-refractivity contribution in [1.29, 1.82) is 0 Å². The Morgan fingerprint density at radius 1 is 1.29 bits per heavy atom. The molecule has 4 heteroatoms. The molecule has 1 aromatic rings. The minimum atomic E-state index is -0.727. The molecule has 0 aliphatic carbocycles. The average Bonchev–Trinajstić information content (AvgIpc) is 2.18. The predicted octanol–water partition coefficient (Wildman–Crippen LogP) is 2.65. The summed E-state index contributed by atoms with van der Waals surface area (Å²) in [5.41, 5.74) is 1.45. The molecule has 0 aromatic heterocycles. The van der Waals surface area contributed by atoms with Gasteiger partial charge in [-0.2, -0.15) is 0 Å². The fraction of sp³-hybridized carbons (Fsp3) is 0.300. The zero-order chi connectivity index (χ0) is 10.6. The van der Waals surface area contributed by atoms with Crippen LogP contribution >= 0.6 is 0 Å². The Hall–Kier alpha value is -1.71. The highest BCUT2D eigenvalue weighted by molar-refractivity contribution is 5.89. The van der Waals surface area contributed by atoms with Crippen molar-refractivity contribution in [3.05, 3.63) is 40.3 Å². The first kappa shape index (κ1) is 10.4. The van der Waals surface area contributed by atoms with Crippen molar-refractivity contribution in [2.24, 2.45) is 5.34 Å². The number of carbonyl (C=O) groups is 1. The predicted molar refractivity (Wildman–Crippen MR) is 51.7 cm³/mol. The van der Waals surface area contributed by atoms with Gasteiger partial charge in [-0.05, 0) is 23.6 Å². The van der Waals surface area contributed by atoms with Crippen LogP contribution in [0.3, 0.4) is 0 Å². The molecule has 0 aliphatic heterocycles. The van der Waals surface area contributed by atoms with E-state index in [9.17, 15) is 9.70 Å². The molecule has 0 fully saturated rings. The Morgan fingerprint density at radius 2 is 1.86 bits per heavy atom. The zero-order valence-electron chi connectivity index (χ0n) is 8.06. The molecule has 0 N–H and O–H groups in total. The Bertz CT molecular complexity index is 330. The SMILES string of the molecule is CC(C)c1ccc(C(=O)ON=O)cc1. The first-order valence-electron chi connectivity index (χ1n) is 4.29. The number of hydrogen-bond acceptors (Lipinski definition) is 4. The molecule has 1 aromatic carbocycles. The lowest BCUT2D eigenvalue weighted by Crippen LogP contribution is -2.00. The average molecular weight is 193 g/mol. The van der Waals surface area contributed by atoms with Crippen LogP contribution in [0, 0.1) is 4.91 Å². The summed E-state index contributed by atoms with van der Waals surface area (Å²) >= 11 is 0. The summed E-state index contributed by atoms with van der Waals surface area (Å²) in [4.78, 5) is 24.6. The standard InChI is InChI=1S/C10H11NO3/c1-7(2)8-3-5-9(6-4-8)10(12)14-11-13/h3-7H,1-2H3. The van der Waals surface area contributed by atoms with Gasteiger partial charge in [-0.1, -0.05) is 26.0 Å². The van der Waals surface area contributed by atoms with E-state index in [1.54, 1.807) is 12.1 Å². The molecule has 0 heterocycles. The summed E-state index contributed by atoms with van der Waals surface area (Å²) < 4.78 is 0. The highest BCUT2D eigenvalue weighted by atomic mass is 16.7. The molecule has 0 saturated heterocycles. The second kappa shape index (κ2) is 4.50. The molecule has 0 radical (unpaired) electrons. The molecule has 4 nitrogen and oxygen atoms in total. The van der Waals surface area contributed by atoms with Gasteiger partial charge in [0.15, 0.2) is 5.34 Å². The Balaban J connectivity index is 2.82. The lowest BCUT2D eigenvalue weighted by atomic mass is 10.0. The minimum absolute atomic E-state index is 0.328. The number of nitrogens with zero attached hydrogens (tertiary/aromatic N) is 1. The van der Waals surface area contributed by atoms with E-state index in [2.05, 4.69) is 24.0 Å². The molecule has 74 valence electrons. The molecule has 1 rings (SSSR count). The van der Waals surface area contributed by atoms with E-state index in [1.165, 1.54) is 0 Å². The van der Waals surface area contributed by atoms with Gasteiger partial charge in [-0.3, -0.25) is 4.84 Å². The van der Waals surface area contributed by atoms with Gasteiger partial charge in [-0.15, -0.1) is 4.91 Å². The van der Waals surface area contributed by atoms with Crippen LogP contribution in [0.25, 0.3) is 0 Å². The van der Waals surface area contributed by atoms with Crippen LogP contribution in [0.1, 0.15) is 35.7 Å². The van der Waals surface area contributed by atoms with Gasteiger partial charge in [0.05, 0.1) is 5.56 Å². The third-order valence-corrected chi connectivity index (χ3v) is 1.93. The van der Waals surface area contributed by atoms with E-state index >= 15 is 0 Å². The number of benzene rings is 1. The monoisotopic (exact) mass is 193 g/mol. The number of carbonyl (C=O) groups excluding carboxylic acids is 1. The van der Waals surface area contributed by atoms with Crippen molar-refractivity contribution >= 4 is 5.97 Å². The van der Waals surface area contributed by atoms with E-state index in [0.717, 1.165) is 5.56 Å². The van der Waals surface area contributed by atoms with Crippen LogP contribution in [-0.2, 0) is 4.84 Å². The fourth-order valence-corrected chi connectivity index (χ4v) is 1.09. The molecule has 14 heavy (non-hydrogen) atoms. The summed E-state index contributed by atoms with van der Waals surface area (Å²) in [7, 11) is 0. The van der Waals surface area contributed by atoms with Gasteiger partial charge in [0.1, 0.15) is 0 Å². The molecule has 0 amide bonds. The number of hydrogen-bond donors (Lipinski definition) is 0. The van der Waals surface area contributed by atoms with E-state index < -0.39 is 5.97 Å². The molecule has 0 saturated carbocycles. The maximum Gasteiger partial charge on any atom is 0.369 e. The van der Waals surface area contributed by atoms with Crippen molar-refractivity contribution in [3.63, 3.8) is 0 Å². The first-order chi connectivity index (χ1) is 6.65. The molecule has 0 unspecified atom stereocenters. The van der Waals surface area contributed by atoms with Crippen LogP contribution in [0.5, 0.6) is 0 Å². The van der Waals surface area contributed by atoms with Crippen molar-refractivity contribution in [2.75, 3.05) is 0 Å². The van der Waals surface area contributed by atoms with Gasteiger partial charge in [0.25, 0.3) is 0 Å². The van der Waals surface area contributed by atoms with Crippen LogP contribution < -0.4 is 0 Å². The quantitative estimate of drug-likeness (QED) is 0.547. The normalized spacial score (nSPS) is 9.93. The minimum Gasteiger partial charge on any atom is -0.279 e. The topological polar surface area (TPSA) is 55.7 Å². The number of rotatable bonds is 3. The van der Waals surface area contributed by atoms with Gasteiger partial charge in [0, 0.05) is 0 Å². The molecular weight excluding hydrogens is 182 g/mol. The lowest BCUT2D eigenvalue weighted by molar-refractivity contribution is 0.0508. The smallest absolute Gasteiger partial charge is 0.279 e. The van der Waals surface area contributed by atoms with E-state index in [-0.39, 0.29) is 0 Å². The van der Waals surface area contributed by atoms with Crippen molar-refractivity contribution in [3.8, 4) is 0 Å². The lowest BCUT2D eigenvalue weighted by Gasteiger charge is -2.04. The summed E-state index contributed by atoms with van der Waals surface area (Å²) in [6, 6.07) is 6.88. The van der Waals surface area contributed by atoms with Gasteiger partial charge < -0.3 is 0 Å². The third kappa shape index (κ3) is 2.39. The summed E-state index contributed by atoms with van der Waals surface area (Å²) in [6.45, 7) is 4.11. The second-order valence-electron chi connectivity index (χ2n) is 3.23. The van der Waals surface area contributed by atoms with Crippen LogP contribution in [0.2, 0.25) is 0 Å². The largest absolute Gasteiger partial charge is 0.369 e. The summed E-state index contributed by atoms with van der Waals surface area (Å²) in [5.74, 6) is -0.320. The Morgan fingerprint density at radius 3 is 2.29 bits per heavy atom. The van der Waals surface area contributed by atoms with E-state index in [0.29, 0.717) is 11.5 Å². The van der Waals surface area contributed by atoms with Crippen LogP contribution in [0.15, 0.2) is 29.6 Å². The molecule has 0 aliphatic rings. The van der Waals surface area contributed by atoms with E-state index in [4.69, 9.17) is 0 Å². The highest BCUT2D eigenvalue weighted by Gasteiger charge is 2.07. The van der Waals surface area contributed by atoms with Crippen LogP contribution in [-0.4, -0.2) is 5.97 Å². The van der Waals surface area contributed by atoms with Crippen LogP contribution in [0.4, 0.5) is 0 Å². The van der Waals surface area contributed by atoms with Crippen molar-refractivity contribution < 1.29 is 9.63 Å². The Kier molecular flexibility index (Phi) is 3.34. The molecular formula is C10H11NO3. The maximum atomic E-state index is 11.0. The fourth-order valence-electron chi connectivity index (χ4n) is 1.09. The molecule has 0 atom stereocenters.